The molecule has 5 nitrogen and oxygen atoms in total. The molecule has 1 aromatic carbocycles. The van der Waals surface area contributed by atoms with Crippen LogP contribution in [0.2, 0.25) is 0 Å². The maximum absolute atomic E-state index is 14.0. The third kappa shape index (κ3) is 2.30. The Labute approximate surface area is 123 Å². The molecule has 3 rings (SSSR count). The van der Waals surface area contributed by atoms with E-state index in [-0.39, 0.29) is 12.0 Å². The largest absolute Gasteiger partial charge is 0.463 e. The topological polar surface area (TPSA) is 56.5 Å². The molecule has 1 unspecified atom stereocenters. The highest BCUT2D eigenvalue weighted by molar-refractivity contribution is 9.10. The van der Waals surface area contributed by atoms with Crippen molar-refractivity contribution in [2.24, 2.45) is 0 Å². The smallest absolute Gasteiger partial charge is 0.186 e. The van der Waals surface area contributed by atoms with Gasteiger partial charge in [-0.15, -0.1) is 0 Å². The zero-order valence-corrected chi connectivity index (χ0v) is 12.3. The van der Waals surface area contributed by atoms with Gasteiger partial charge in [0.15, 0.2) is 24.6 Å². The highest BCUT2D eigenvalue weighted by atomic mass is 79.9. The molecule has 0 spiro atoms. The summed E-state index contributed by atoms with van der Waals surface area (Å²) >= 11 is 3.30. The fraction of sp³-hybridized carbons (Fsp3) is 0.462. The van der Waals surface area contributed by atoms with Gasteiger partial charge in [-0.25, -0.2) is 9.07 Å². The molecule has 0 radical (unpaired) electrons. The molecule has 1 fully saturated rings. The van der Waals surface area contributed by atoms with E-state index >= 15 is 0 Å². The molecule has 20 heavy (non-hydrogen) atoms. The summed E-state index contributed by atoms with van der Waals surface area (Å²) in [4.78, 5) is 0. The fourth-order valence-electron chi connectivity index (χ4n) is 2.44. The molecule has 7 heteroatoms. The van der Waals surface area contributed by atoms with E-state index in [1.807, 2.05) is 0 Å². The van der Waals surface area contributed by atoms with Crippen molar-refractivity contribution >= 4 is 26.8 Å². The molecule has 0 bridgehead atoms. The van der Waals surface area contributed by atoms with E-state index in [4.69, 9.17) is 14.6 Å². The average Bonchev–Trinajstić information content (AvgIpc) is 2.88. The van der Waals surface area contributed by atoms with E-state index in [9.17, 15) is 4.39 Å². The zero-order valence-electron chi connectivity index (χ0n) is 10.7. The summed E-state index contributed by atoms with van der Waals surface area (Å²) in [6, 6.07) is 1.36. The molecule has 108 valence electrons. The van der Waals surface area contributed by atoms with Gasteiger partial charge in [0.1, 0.15) is 0 Å². The van der Waals surface area contributed by atoms with Crippen molar-refractivity contribution in [3.63, 3.8) is 0 Å². The predicted octanol–water partition coefficient (Wildman–Crippen LogP) is 2.97. The molecule has 1 aliphatic rings. The molecule has 0 amide bonds. The Kier molecular flexibility index (Phi) is 3.91. The first-order chi connectivity index (χ1) is 9.72. The van der Waals surface area contributed by atoms with Gasteiger partial charge in [-0.1, -0.05) is 0 Å². The van der Waals surface area contributed by atoms with E-state index in [1.165, 1.54) is 6.07 Å². The van der Waals surface area contributed by atoms with Crippen LogP contribution in [0, 0.1) is 5.82 Å². The van der Waals surface area contributed by atoms with Crippen LogP contribution in [0.3, 0.4) is 0 Å². The van der Waals surface area contributed by atoms with Crippen LogP contribution < -0.4 is 4.74 Å². The quantitative estimate of drug-likeness (QED) is 0.869. The highest BCUT2D eigenvalue weighted by Gasteiger charge is 2.22. The van der Waals surface area contributed by atoms with Crippen LogP contribution in [0.4, 0.5) is 4.39 Å². The van der Waals surface area contributed by atoms with Gasteiger partial charge in [-0.05, 0) is 35.2 Å². The summed E-state index contributed by atoms with van der Waals surface area (Å²) in [7, 11) is 0. The number of hydrogen-bond donors (Lipinski definition) is 1. The first-order valence-corrected chi connectivity index (χ1v) is 7.22. The van der Waals surface area contributed by atoms with E-state index in [0.717, 1.165) is 24.6 Å². The van der Waals surface area contributed by atoms with E-state index < -0.39 is 12.6 Å². The van der Waals surface area contributed by atoms with Crippen molar-refractivity contribution in [3.8, 4) is 5.75 Å². The van der Waals surface area contributed by atoms with Crippen molar-refractivity contribution < 1.29 is 19.0 Å². The molecular formula is C13H14BrFN2O3. The van der Waals surface area contributed by atoms with Crippen LogP contribution in [0.5, 0.6) is 5.75 Å². The number of aromatic nitrogens is 2. The van der Waals surface area contributed by atoms with E-state index in [2.05, 4.69) is 21.0 Å². The number of aliphatic hydroxyl groups excluding tert-OH is 1. The van der Waals surface area contributed by atoms with Gasteiger partial charge >= 0.3 is 0 Å². The van der Waals surface area contributed by atoms with Gasteiger partial charge in [-0.3, -0.25) is 0 Å². The molecule has 0 aliphatic carbocycles. The van der Waals surface area contributed by atoms with Crippen LogP contribution in [-0.2, 0) is 4.74 Å². The first-order valence-electron chi connectivity index (χ1n) is 6.43. The van der Waals surface area contributed by atoms with Gasteiger partial charge < -0.3 is 14.6 Å². The van der Waals surface area contributed by atoms with Crippen molar-refractivity contribution in [2.75, 3.05) is 13.4 Å². The lowest BCUT2D eigenvalue weighted by atomic mass is 10.2. The van der Waals surface area contributed by atoms with Gasteiger partial charge in [-0.2, -0.15) is 5.10 Å². The number of halogens is 2. The van der Waals surface area contributed by atoms with Crippen molar-refractivity contribution in [1.29, 1.82) is 0 Å². The van der Waals surface area contributed by atoms with Crippen LogP contribution in [0.15, 0.2) is 16.7 Å². The van der Waals surface area contributed by atoms with Crippen LogP contribution >= 0.6 is 15.9 Å². The Morgan fingerprint density at radius 1 is 1.55 bits per heavy atom. The summed E-state index contributed by atoms with van der Waals surface area (Å²) in [6.45, 7) is 0.113. The molecule has 1 saturated heterocycles. The average molecular weight is 345 g/mol. The third-order valence-electron chi connectivity index (χ3n) is 3.39. The fourth-order valence-corrected chi connectivity index (χ4v) is 3.05. The Balaban J connectivity index is 2.08. The Bertz CT molecular complexity index is 626. The van der Waals surface area contributed by atoms with Crippen molar-refractivity contribution in [3.05, 3.63) is 22.6 Å². The molecule has 2 aromatic rings. The second-order valence-electron chi connectivity index (χ2n) is 4.62. The molecular weight excluding hydrogens is 331 g/mol. The van der Waals surface area contributed by atoms with E-state index in [0.29, 0.717) is 16.6 Å². The van der Waals surface area contributed by atoms with E-state index in [1.54, 1.807) is 10.9 Å². The maximum Gasteiger partial charge on any atom is 0.186 e. The summed E-state index contributed by atoms with van der Waals surface area (Å²) in [5.41, 5.74) is 0.645. The lowest BCUT2D eigenvalue weighted by Crippen LogP contribution is -2.19. The Morgan fingerprint density at radius 2 is 2.40 bits per heavy atom. The molecule has 1 atom stereocenters. The SMILES string of the molecule is OCOc1c(F)cc2c(cnn2C2CCCCO2)c1Br. The number of rotatable bonds is 3. The van der Waals surface area contributed by atoms with Gasteiger partial charge in [0.2, 0.25) is 0 Å². The molecule has 0 saturated carbocycles. The maximum atomic E-state index is 14.0. The molecule has 1 aromatic heterocycles. The minimum Gasteiger partial charge on any atom is -0.463 e. The number of ether oxygens (including phenoxy) is 2. The summed E-state index contributed by atoms with van der Waals surface area (Å²) in [5, 5.41) is 13.8. The zero-order chi connectivity index (χ0) is 14.1. The number of hydrogen-bond acceptors (Lipinski definition) is 4. The lowest BCUT2D eigenvalue weighted by Gasteiger charge is -2.23. The Hall–Kier alpha value is -1.18. The summed E-state index contributed by atoms with van der Waals surface area (Å²) in [5.74, 6) is -0.555. The van der Waals surface area contributed by atoms with Crippen molar-refractivity contribution in [1.82, 2.24) is 9.78 Å². The Morgan fingerprint density at radius 3 is 3.10 bits per heavy atom. The normalized spacial score (nSPS) is 19.4. The minimum absolute atomic E-state index is 0.0101. The van der Waals surface area contributed by atoms with Gasteiger partial charge in [0.25, 0.3) is 0 Å². The summed E-state index contributed by atoms with van der Waals surface area (Å²) < 4.78 is 26.8. The van der Waals surface area contributed by atoms with Gasteiger partial charge in [0, 0.05) is 18.1 Å². The molecule has 1 aliphatic heterocycles. The second kappa shape index (κ2) is 5.67. The monoisotopic (exact) mass is 344 g/mol. The molecule has 1 N–H and O–H groups in total. The van der Waals surface area contributed by atoms with Crippen LogP contribution in [0.1, 0.15) is 25.5 Å². The second-order valence-corrected chi connectivity index (χ2v) is 5.41. The number of fused-ring (bicyclic) bond motifs is 1. The predicted molar refractivity (Wildman–Crippen MR) is 73.9 cm³/mol. The standard InChI is InChI=1S/C13H14BrFN2O3/c14-12-8-6-16-17(11-3-1-2-4-19-11)10(8)5-9(15)13(12)20-7-18/h5-6,11,18H,1-4,7H2. The molecule has 2 heterocycles. The number of aliphatic hydroxyl groups is 1. The lowest BCUT2D eigenvalue weighted by molar-refractivity contribution is -0.0367. The number of benzene rings is 1. The van der Waals surface area contributed by atoms with Crippen LogP contribution in [-0.4, -0.2) is 28.3 Å². The summed E-state index contributed by atoms with van der Waals surface area (Å²) in [6.07, 6.45) is 4.47. The van der Waals surface area contributed by atoms with Crippen LogP contribution in [0.25, 0.3) is 10.9 Å². The number of nitrogens with zero attached hydrogens (tertiary/aromatic N) is 2. The van der Waals surface area contributed by atoms with Crippen molar-refractivity contribution in [2.45, 2.75) is 25.5 Å². The van der Waals surface area contributed by atoms with Gasteiger partial charge in [0.05, 0.1) is 16.2 Å². The minimum atomic E-state index is -0.582. The third-order valence-corrected chi connectivity index (χ3v) is 4.17. The highest BCUT2D eigenvalue weighted by Crippen LogP contribution is 2.37. The first kappa shape index (κ1) is 13.8.